The molecule has 1 unspecified atom stereocenters. The van der Waals surface area contributed by atoms with Crippen LogP contribution in [0.25, 0.3) is 67.6 Å². The van der Waals surface area contributed by atoms with Gasteiger partial charge in [0.25, 0.3) is 0 Å². The topological polar surface area (TPSA) is 56.5 Å². The fraction of sp³-hybridized carbons (Fsp3) is 0.0638. The predicted molar refractivity (Wildman–Crippen MR) is 208 cm³/mol. The molecule has 0 bridgehead atoms. The van der Waals surface area contributed by atoms with Crippen LogP contribution in [0, 0.1) is 0 Å². The van der Waals surface area contributed by atoms with Crippen LogP contribution in [0.1, 0.15) is 40.9 Å². The van der Waals surface area contributed by atoms with Crippen molar-refractivity contribution in [3.63, 3.8) is 0 Å². The maximum absolute atomic E-state index is 5.41. The molecule has 1 spiro atoms. The van der Waals surface area contributed by atoms with Gasteiger partial charge in [-0.15, -0.1) is 0 Å². The van der Waals surface area contributed by atoms with Gasteiger partial charge in [-0.3, -0.25) is 4.57 Å². The minimum atomic E-state index is -0.603. The summed E-state index contributed by atoms with van der Waals surface area (Å²) in [5.74, 6) is 2.95. The van der Waals surface area contributed by atoms with Crippen LogP contribution >= 0.6 is 0 Å². The van der Waals surface area contributed by atoms with Crippen molar-refractivity contribution in [2.45, 2.75) is 18.3 Å². The van der Waals surface area contributed by atoms with Crippen molar-refractivity contribution < 1.29 is 0 Å². The molecule has 0 fully saturated rings. The Bertz CT molecular complexity index is 2790. The van der Waals surface area contributed by atoms with Crippen LogP contribution in [0.4, 0.5) is 0 Å². The number of aromatic nitrogens is 5. The number of hydrogen-bond donors (Lipinski definition) is 0. The number of benzene rings is 6. The second kappa shape index (κ2) is 11.1. The Hall–Kier alpha value is -6.72. The van der Waals surface area contributed by atoms with Gasteiger partial charge in [-0.25, -0.2) is 19.9 Å². The molecule has 5 heteroatoms. The molecule has 3 aliphatic rings. The van der Waals surface area contributed by atoms with Crippen molar-refractivity contribution in [3.05, 3.63) is 192 Å². The quantitative estimate of drug-likeness (QED) is 0.188. The summed E-state index contributed by atoms with van der Waals surface area (Å²) in [6.07, 6.45) is 8.93. The minimum Gasteiger partial charge on any atom is -0.295 e. The lowest BCUT2D eigenvalue weighted by molar-refractivity contribution is 0.738. The van der Waals surface area contributed by atoms with E-state index >= 15 is 0 Å². The van der Waals surface area contributed by atoms with Gasteiger partial charge in [0.1, 0.15) is 11.2 Å². The van der Waals surface area contributed by atoms with Gasteiger partial charge >= 0.3 is 0 Å². The first-order valence-corrected chi connectivity index (χ1v) is 17.9. The molecule has 5 nitrogen and oxygen atoms in total. The van der Waals surface area contributed by atoms with Crippen molar-refractivity contribution in [2.75, 3.05) is 0 Å². The molecule has 0 saturated carbocycles. The summed E-state index contributed by atoms with van der Waals surface area (Å²) in [7, 11) is 0. The smallest absolute Gasteiger partial charge is 0.164 e. The molecule has 2 aromatic heterocycles. The summed E-state index contributed by atoms with van der Waals surface area (Å²) in [5, 5.41) is 0. The number of imidazole rings is 1. The Morgan fingerprint density at radius 1 is 0.481 bits per heavy atom. The van der Waals surface area contributed by atoms with Crippen LogP contribution in [-0.4, -0.2) is 24.5 Å². The Balaban J connectivity index is 1.13. The maximum Gasteiger partial charge on any atom is 0.164 e. The Labute approximate surface area is 301 Å². The molecule has 1 atom stereocenters. The van der Waals surface area contributed by atoms with Gasteiger partial charge in [0.05, 0.1) is 16.7 Å². The highest BCUT2D eigenvalue weighted by molar-refractivity contribution is 5.92. The van der Waals surface area contributed by atoms with E-state index in [2.05, 4.69) is 150 Å². The third-order valence-electron chi connectivity index (χ3n) is 10.9. The maximum atomic E-state index is 5.41. The highest BCUT2D eigenvalue weighted by Crippen LogP contribution is 2.60. The average Bonchev–Trinajstić information content (AvgIpc) is 3.85. The lowest BCUT2D eigenvalue weighted by atomic mass is 9.72. The Morgan fingerprint density at radius 3 is 1.92 bits per heavy atom. The third kappa shape index (κ3) is 4.11. The molecule has 3 heterocycles. The predicted octanol–water partition coefficient (Wildman–Crippen LogP) is 10.6. The molecule has 52 heavy (non-hydrogen) atoms. The standard InChI is InChI=1S/C47H31N5/c1-3-13-30(14-4-1)31-23-25-33(26-24-31)44-49-43(32-15-5-2-6-16-32)50-45(51-44)34-27-28-36-35-17-7-8-18-37(35)47(39(36)29-34)38-19-9-11-21-41(38)52-42-22-12-10-20-40(42)48-46(47)52/h2-3,5-29H,1,4H2. The van der Waals surface area contributed by atoms with Gasteiger partial charge < -0.3 is 0 Å². The first kappa shape index (κ1) is 29.1. The van der Waals surface area contributed by atoms with Gasteiger partial charge in [-0.05, 0) is 76.1 Å². The van der Waals surface area contributed by atoms with E-state index in [4.69, 9.17) is 19.9 Å². The summed E-state index contributed by atoms with van der Waals surface area (Å²) < 4.78 is 2.36. The molecular weight excluding hydrogens is 635 g/mol. The summed E-state index contributed by atoms with van der Waals surface area (Å²) in [4.78, 5) is 20.8. The van der Waals surface area contributed by atoms with E-state index in [1.54, 1.807) is 0 Å². The molecule has 11 rings (SSSR count). The van der Waals surface area contributed by atoms with E-state index in [0.29, 0.717) is 17.5 Å². The normalized spacial score (nSPS) is 16.4. The molecular formula is C47H31N5. The van der Waals surface area contributed by atoms with Crippen molar-refractivity contribution in [1.29, 1.82) is 0 Å². The summed E-state index contributed by atoms with van der Waals surface area (Å²) >= 11 is 0. The summed E-state index contributed by atoms with van der Waals surface area (Å²) in [6.45, 7) is 0. The molecule has 2 aliphatic carbocycles. The molecule has 1 aliphatic heterocycles. The van der Waals surface area contributed by atoms with Crippen molar-refractivity contribution >= 4 is 16.6 Å². The summed E-state index contributed by atoms with van der Waals surface area (Å²) in [6, 6.07) is 51.5. The molecule has 0 radical (unpaired) electrons. The van der Waals surface area contributed by atoms with E-state index in [1.807, 2.05) is 18.2 Å². The highest BCUT2D eigenvalue weighted by Gasteiger charge is 2.54. The van der Waals surface area contributed by atoms with E-state index in [1.165, 1.54) is 39.0 Å². The fourth-order valence-electron chi connectivity index (χ4n) is 8.57. The van der Waals surface area contributed by atoms with Gasteiger partial charge in [-0.2, -0.15) is 0 Å². The Morgan fingerprint density at radius 2 is 1.12 bits per heavy atom. The number of para-hydroxylation sites is 3. The molecule has 8 aromatic rings. The van der Waals surface area contributed by atoms with Crippen LogP contribution in [0.5, 0.6) is 0 Å². The molecule has 0 amide bonds. The second-order valence-electron chi connectivity index (χ2n) is 13.7. The second-order valence-corrected chi connectivity index (χ2v) is 13.7. The van der Waals surface area contributed by atoms with Gasteiger partial charge in [0.2, 0.25) is 0 Å². The lowest BCUT2D eigenvalue weighted by Crippen LogP contribution is -2.27. The largest absolute Gasteiger partial charge is 0.295 e. The highest BCUT2D eigenvalue weighted by atomic mass is 15.1. The van der Waals surface area contributed by atoms with Gasteiger partial charge in [-0.1, -0.05) is 140 Å². The number of allylic oxidation sites excluding steroid dienone is 4. The SMILES string of the molecule is C1=CC(c2ccc(-c3nc(-c4ccccc4)nc(-c4ccc5c(c4)C4(c6ccccc6-5)c5ccccc5-n5c4nc4ccccc45)n3)cc2)=CCC1. The summed E-state index contributed by atoms with van der Waals surface area (Å²) in [5.41, 5.74) is 14.1. The number of rotatable bonds is 4. The number of hydrogen-bond acceptors (Lipinski definition) is 4. The minimum absolute atomic E-state index is 0.603. The van der Waals surface area contributed by atoms with E-state index in [-0.39, 0.29) is 0 Å². The van der Waals surface area contributed by atoms with Crippen LogP contribution < -0.4 is 0 Å². The van der Waals surface area contributed by atoms with Crippen molar-refractivity contribution in [2.24, 2.45) is 0 Å². The van der Waals surface area contributed by atoms with Crippen molar-refractivity contribution in [3.8, 4) is 51.0 Å². The van der Waals surface area contributed by atoms with Crippen LogP contribution in [0.3, 0.4) is 0 Å². The Kier molecular flexibility index (Phi) is 6.23. The monoisotopic (exact) mass is 665 g/mol. The zero-order chi connectivity index (χ0) is 34.2. The molecule has 6 aromatic carbocycles. The fourth-order valence-corrected chi connectivity index (χ4v) is 8.57. The third-order valence-corrected chi connectivity index (χ3v) is 10.9. The number of nitrogens with zero attached hydrogens (tertiary/aromatic N) is 5. The van der Waals surface area contributed by atoms with Gasteiger partial charge in [0.15, 0.2) is 17.5 Å². The average molecular weight is 666 g/mol. The lowest BCUT2D eigenvalue weighted by Gasteiger charge is -2.27. The van der Waals surface area contributed by atoms with Crippen LogP contribution in [0.2, 0.25) is 0 Å². The van der Waals surface area contributed by atoms with E-state index in [0.717, 1.165) is 52.1 Å². The van der Waals surface area contributed by atoms with Crippen LogP contribution in [-0.2, 0) is 5.41 Å². The molecule has 0 N–H and O–H groups in total. The molecule has 244 valence electrons. The van der Waals surface area contributed by atoms with Gasteiger partial charge in [0, 0.05) is 16.7 Å². The number of fused-ring (bicyclic) bond motifs is 12. The van der Waals surface area contributed by atoms with E-state index < -0.39 is 5.41 Å². The molecule has 0 saturated heterocycles. The zero-order valence-electron chi connectivity index (χ0n) is 28.2. The zero-order valence-corrected chi connectivity index (χ0v) is 28.2. The van der Waals surface area contributed by atoms with Crippen LogP contribution in [0.15, 0.2) is 164 Å². The first-order chi connectivity index (χ1) is 25.8. The van der Waals surface area contributed by atoms with E-state index in [9.17, 15) is 0 Å². The van der Waals surface area contributed by atoms with Crippen molar-refractivity contribution in [1.82, 2.24) is 24.5 Å². The first-order valence-electron chi connectivity index (χ1n) is 17.9.